The molecular formula is C12H20N2O5S. The average molecular weight is 304 g/mol. The average Bonchev–Trinajstić information content (AvgIpc) is 2.30. The molecule has 7 nitrogen and oxygen atoms in total. The Morgan fingerprint density at radius 2 is 1.60 bits per heavy atom. The fourth-order valence-electron chi connectivity index (χ4n) is 1.34. The lowest BCUT2D eigenvalue weighted by Crippen LogP contribution is -2.45. The quantitative estimate of drug-likeness (QED) is 0.414. The molecule has 0 heterocycles. The van der Waals surface area contributed by atoms with Gasteiger partial charge in [-0.25, -0.2) is 0 Å². The van der Waals surface area contributed by atoms with Crippen LogP contribution in [0.1, 0.15) is 13.8 Å². The summed E-state index contributed by atoms with van der Waals surface area (Å²) in [6.45, 7) is 9.89. The second kappa shape index (κ2) is 6.67. The first-order valence-electron chi connectivity index (χ1n) is 5.76. The number of amides is 2. The van der Waals surface area contributed by atoms with Crippen LogP contribution in [0.15, 0.2) is 24.3 Å². The zero-order valence-corrected chi connectivity index (χ0v) is 12.8. The fraction of sp³-hybridized carbons (Fsp3) is 0.500. The van der Waals surface area contributed by atoms with Gasteiger partial charge >= 0.3 is 0 Å². The minimum atomic E-state index is -4.45. The van der Waals surface area contributed by atoms with Gasteiger partial charge in [-0.1, -0.05) is 27.0 Å². The smallest absolute Gasteiger partial charge is 0.286 e. The summed E-state index contributed by atoms with van der Waals surface area (Å²) in [7, 11) is -1.49. The molecule has 20 heavy (non-hydrogen) atoms. The topological polar surface area (TPSA) is 104 Å². The van der Waals surface area contributed by atoms with E-state index < -0.39 is 33.2 Å². The molecule has 114 valence electrons. The van der Waals surface area contributed by atoms with Crippen molar-refractivity contribution >= 4 is 21.9 Å². The van der Waals surface area contributed by atoms with Crippen molar-refractivity contribution in [3.8, 4) is 0 Å². The third-order valence-electron chi connectivity index (χ3n) is 2.50. The van der Waals surface area contributed by atoms with Crippen LogP contribution in [0.3, 0.4) is 0 Å². The first-order chi connectivity index (χ1) is 8.89. The van der Waals surface area contributed by atoms with Gasteiger partial charge in [-0.05, 0) is 5.92 Å². The second-order valence-corrected chi connectivity index (χ2v) is 6.35. The van der Waals surface area contributed by atoms with Gasteiger partial charge in [0.1, 0.15) is 0 Å². The van der Waals surface area contributed by atoms with Crippen LogP contribution < -0.4 is 5.32 Å². The van der Waals surface area contributed by atoms with Gasteiger partial charge in [0.25, 0.3) is 21.9 Å². The van der Waals surface area contributed by atoms with Crippen LogP contribution in [0.4, 0.5) is 0 Å². The van der Waals surface area contributed by atoms with E-state index in [1.807, 2.05) is 0 Å². The Bertz CT molecular complexity index is 534. The Labute approximate surface area is 119 Å². The van der Waals surface area contributed by atoms with Gasteiger partial charge in [-0.2, -0.15) is 8.42 Å². The zero-order chi connectivity index (χ0) is 16.2. The highest BCUT2D eigenvalue weighted by atomic mass is 32.2. The third kappa shape index (κ3) is 4.78. The first kappa shape index (κ1) is 18.3. The molecule has 8 heteroatoms. The van der Waals surface area contributed by atoms with Crippen molar-refractivity contribution in [2.24, 2.45) is 5.92 Å². The molecule has 0 aliphatic rings. The number of hydrogen-bond donors (Lipinski definition) is 2. The first-order valence-corrected chi connectivity index (χ1v) is 7.26. The van der Waals surface area contributed by atoms with Crippen LogP contribution >= 0.6 is 0 Å². The Morgan fingerprint density at radius 1 is 1.15 bits per heavy atom. The maximum atomic E-state index is 11.9. The van der Waals surface area contributed by atoms with E-state index in [9.17, 15) is 18.0 Å². The van der Waals surface area contributed by atoms with E-state index in [0.29, 0.717) is 0 Å². The van der Waals surface area contributed by atoms with Gasteiger partial charge < -0.3 is 10.2 Å². The van der Waals surface area contributed by atoms with Crippen molar-refractivity contribution in [3.05, 3.63) is 24.3 Å². The minimum Gasteiger partial charge on any atom is -0.345 e. The van der Waals surface area contributed by atoms with E-state index in [2.05, 4.69) is 18.5 Å². The van der Waals surface area contributed by atoms with Crippen LogP contribution in [0.25, 0.3) is 0 Å². The largest absolute Gasteiger partial charge is 0.345 e. The van der Waals surface area contributed by atoms with E-state index in [1.165, 1.54) is 32.8 Å². The highest BCUT2D eigenvalue weighted by molar-refractivity contribution is 7.86. The molecule has 0 aromatic rings. The number of nitrogens with one attached hydrogen (secondary N) is 1. The van der Waals surface area contributed by atoms with Crippen LogP contribution in [0, 0.1) is 5.92 Å². The fourth-order valence-corrected chi connectivity index (χ4v) is 2.28. The van der Waals surface area contributed by atoms with Crippen LogP contribution in [-0.4, -0.2) is 49.2 Å². The summed E-state index contributed by atoms with van der Waals surface area (Å²) in [6, 6.07) is 0. The zero-order valence-electron chi connectivity index (χ0n) is 12.0. The summed E-state index contributed by atoms with van der Waals surface area (Å²) in [5.41, 5.74) is -0.400. The lowest BCUT2D eigenvalue weighted by molar-refractivity contribution is -0.125. The molecule has 2 N–H and O–H groups in total. The molecule has 0 saturated heterocycles. The molecule has 0 aromatic carbocycles. The number of nitrogens with zero attached hydrogens (tertiary/aromatic N) is 1. The summed E-state index contributed by atoms with van der Waals surface area (Å²) in [4.78, 5) is 24.7. The predicted octanol–water partition coefficient (Wildman–Crippen LogP) is 0.173. The molecule has 0 bridgehead atoms. The Hall–Kier alpha value is -1.67. The summed E-state index contributed by atoms with van der Waals surface area (Å²) in [5, 5.41) is 0.645. The molecule has 0 fully saturated rings. The molecule has 0 aromatic heterocycles. The summed E-state index contributed by atoms with van der Waals surface area (Å²) in [6.07, 6.45) is 0. The van der Waals surface area contributed by atoms with Gasteiger partial charge in [0, 0.05) is 25.2 Å². The number of hydrogen-bond acceptors (Lipinski definition) is 4. The van der Waals surface area contributed by atoms with E-state index in [0.717, 1.165) is 0 Å². The van der Waals surface area contributed by atoms with Gasteiger partial charge in [0.15, 0.2) is 5.37 Å². The van der Waals surface area contributed by atoms with Gasteiger partial charge in [-0.15, -0.1) is 0 Å². The lowest BCUT2D eigenvalue weighted by atomic mass is 10.1. The molecule has 0 aliphatic carbocycles. The molecule has 0 saturated carbocycles. The van der Waals surface area contributed by atoms with Crippen molar-refractivity contribution in [1.82, 2.24) is 10.2 Å². The van der Waals surface area contributed by atoms with Crippen LogP contribution in [0.5, 0.6) is 0 Å². The Morgan fingerprint density at radius 3 is 1.90 bits per heavy atom. The number of carbonyl (C=O) groups is 2. The van der Waals surface area contributed by atoms with Gasteiger partial charge in [-0.3, -0.25) is 14.1 Å². The van der Waals surface area contributed by atoms with Crippen molar-refractivity contribution in [2.75, 3.05) is 14.1 Å². The number of carbonyl (C=O) groups excluding carboxylic acids is 2. The summed E-state index contributed by atoms with van der Waals surface area (Å²) in [5.74, 6) is -1.95. The molecule has 1 atom stereocenters. The number of likely N-dealkylation sites (N-methyl/N-ethyl adjacent to an activating group) is 1. The summed E-state index contributed by atoms with van der Waals surface area (Å²) < 4.78 is 31.4. The SMILES string of the molecule is C=C(C(=C)C(=O)N(C)C)C(=O)NC(C(C)C)S(=O)(=O)O. The van der Waals surface area contributed by atoms with Crippen LogP contribution in [0.2, 0.25) is 0 Å². The van der Waals surface area contributed by atoms with Crippen LogP contribution in [-0.2, 0) is 19.7 Å². The normalized spacial score (nSPS) is 12.7. The molecule has 0 radical (unpaired) electrons. The Balaban J connectivity index is 5.06. The molecule has 0 spiro atoms. The van der Waals surface area contributed by atoms with E-state index in [4.69, 9.17) is 4.55 Å². The Kier molecular flexibility index (Phi) is 6.11. The maximum Gasteiger partial charge on any atom is 0.286 e. The predicted molar refractivity (Wildman–Crippen MR) is 75.3 cm³/mol. The maximum absolute atomic E-state index is 11.9. The van der Waals surface area contributed by atoms with Gasteiger partial charge in [0.05, 0.1) is 0 Å². The minimum absolute atomic E-state index is 0.148. The molecule has 2 amide bonds. The standard InChI is InChI=1S/C12H20N2O5S/c1-7(2)11(20(17,18)19)13-10(15)8(3)9(4)12(16)14(5)6/h7,11H,3-4H2,1-2,5-6H3,(H,13,15)(H,17,18,19). The van der Waals surface area contributed by atoms with Gasteiger partial charge in [0.2, 0.25) is 0 Å². The molecule has 0 rings (SSSR count). The number of rotatable bonds is 6. The van der Waals surface area contributed by atoms with Crippen molar-refractivity contribution < 1.29 is 22.6 Å². The molecule has 0 aliphatic heterocycles. The van der Waals surface area contributed by atoms with E-state index >= 15 is 0 Å². The highest BCUT2D eigenvalue weighted by Gasteiger charge is 2.30. The summed E-state index contributed by atoms with van der Waals surface area (Å²) >= 11 is 0. The third-order valence-corrected chi connectivity index (χ3v) is 3.81. The van der Waals surface area contributed by atoms with E-state index in [-0.39, 0.29) is 11.1 Å². The second-order valence-electron chi connectivity index (χ2n) is 4.81. The van der Waals surface area contributed by atoms with Crippen molar-refractivity contribution in [2.45, 2.75) is 19.2 Å². The van der Waals surface area contributed by atoms with Crippen molar-refractivity contribution in [1.29, 1.82) is 0 Å². The molecule has 1 unspecified atom stereocenters. The molecular weight excluding hydrogens is 284 g/mol. The highest BCUT2D eigenvalue weighted by Crippen LogP contribution is 2.12. The van der Waals surface area contributed by atoms with E-state index in [1.54, 1.807) is 0 Å². The van der Waals surface area contributed by atoms with Crippen molar-refractivity contribution in [3.63, 3.8) is 0 Å². The lowest BCUT2D eigenvalue weighted by Gasteiger charge is -2.20. The monoisotopic (exact) mass is 304 g/mol.